The number of fused-ring (bicyclic) bond motifs is 2. The molecule has 1 aromatic carbocycles. The van der Waals surface area contributed by atoms with E-state index in [1.54, 1.807) is 6.07 Å². The molecule has 0 amide bonds. The number of halogens is 2. The Bertz CT molecular complexity index is 1690. The third-order valence-corrected chi connectivity index (χ3v) is 8.51. The predicted molar refractivity (Wildman–Crippen MR) is 137 cm³/mol. The van der Waals surface area contributed by atoms with Gasteiger partial charge in [0.2, 0.25) is 10.0 Å². The van der Waals surface area contributed by atoms with Crippen LogP contribution in [-0.4, -0.2) is 42.6 Å². The molecule has 10 nitrogen and oxygen atoms in total. The average molecular weight is 556 g/mol. The molecule has 6 rings (SSSR count). The lowest BCUT2D eigenvalue weighted by Gasteiger charge is -2.16. The summed E-state index contributed by atoms with van der Waals surface area (Å²) in [5.74, 6) is 0.523. The molecule has 5 aromatic rings. The molecule has 1 atom stereocenters. The van der Waals surface area contributed by atoms with Gasteiger partial charge in [-0.1, -0.05) is 46.2 Å². The van der Waals surface area contributed by atoms with E-state index in [0.29, 0.717) is 38.5 Å². The van der Waals surface area contributed by atoms with Crippen molar-refractivity contribution < 1.29 is 13.3 Å². The molecule has 4 aromatic heterocycles. The Morgan fingerprint density at radius 2 is 1.81 bits per heavy atom. The molecular formula is C24H19Cl2N7O3S. The Morgan fingerprint density at radius 3 is 2.54 bits per heavy atom. The first kappa shape index (κ1) is 23.9. The number of hydrogen-bond acceptors (Lipinski definition) is 7. The minimum Gasteiger partial charge on any atom is -0.388 e. The van der Waals surface area contributed by atoms with Gasteiger partial charge in [-0.2, -0.15) is 4.31 Å². The molecule has 188 valence electrons. The predicted octanol–water partition coefficient (Wildman–Crippen LogP) is 4.42. The van der Waals surface area contributed by atoms with Gasteiger partial charge in [0.15, 0.2) is 11.9 Å². The second-order valence-electron chi connectivity index (χ2n) is 8.48. The molecule has 0 bridgehead atoms. The van der Waals surface area contributed by atoms with Crippen molar-refractivity contribution in [2.24, 2.45) is 0 Å². The largest absolute Gasteiger partial charge is 0.388 e. The molecule has 0 radical (unpaired) electrons. The SMILES string of the molecule is CC(On1nc(-c2nc3c([nH]2)CN(S(=O)(=O)c2cccnc2)C3)c2ccccc21)c1c(Cl)cncc1Cl. The number of H-pyrrole nitrogens is 1. The van der Waals surface area contributed by atoms with Gasteiger partial charge in [-0.25, -0.2) is 13.4 Å². The molecule has 0 saturated carbocycles. The quantitative estimate of drug-likeness (QED) is 0.329. The van der Waals surface area contributed by atoms with Gasteiger partial charge in [0.1, 0.15) is 16.1 Å². The first-order valence-electron chi connectivity index (χ1n) is 11.2. The maximum Gasteiger partial charge on any atom is 0.245 e. The monoisotopic (exact) mass is 555 g/mol. The number of benzene rings is 1. The Labute approximate surface area is 221 Å². The molecule has 0 saturated heterocycles. The number of para-hydroxylation sites is 1. The van der Waals surface area contributed by atoms with E-state index < -0.39 is 16.1 Å². The number of aromatic nitrogens is 6. The first-order valence-corrected chi connectivity index (χ1v) is 13.4. The lowest BCUT2D eigenvalue weighted by Crippen LogP contribution is -2.26. The van der Waals surface area contributed by atoms with Crippen LogP contribution in [0.4, 0.5) is 0 Å². The fourth-order valence-electron chi connectivity index (χ4n) is 4.34. The summed E-state index contributed by atoms with van der Waals surface area (Å²) in [6, 6.07) is 10.7. The summed E-state index contributed by atoms with van der Waals surface area (Å²) in [6.45, 7) is 2.14. The highest BCUT2D eigenvalue weighted by atomic mass is 35.5. The Morgan fingerprint density at radius 1 is 1.03 bits per heavy atom. The third-order valence-electron chi connectivity index (χ3n) is 6.13. The number of sulfonamides is 1. The maximum absolute atomic E-state index is 13.0. The highest BCUT2D eigenvalue weighted by molar-refractivity contribution is 7.89. The van der Waals surface area contributed by atoms with Gasteiger partial charge in [0.05, 0.1) is 34.5 Å². The van der Waals surface area contributed by atoms with Crippen molar-refractivity contribution in [2.75, 3.05) is 0 Å². The second-order valence-corrected chi connectivity index (χ2v) is 11.2. The van der Waals surface area contributed by atoms with E-state index in [1.165, 1.54) is 40.0 Å². The van der Waals surface area contributed by atoms with E-state index >= 15 is 0 Å². The fraction of sp³-hybridized carbons (Fsp3) is 0.167. The van der Waals surface area contributed by atoms with Gasteiger partial charge in [0.25, 0.3) is 0 Å². The van der Waals surface area contributed by atoms with E-state index in [0.717, 1.165) is 10.9 Å². The molecule has 0 aliphatic carbocycles. The summed E-state index contributed by atoms with van der Waals surface area (Å²) in [7, 11) is -3.69. The number of rotatable bonds is 6. The minimum absolute atomic E-state index is 0.144. The van der Waals surface area contributed by atoms with Crippen LogP contribution in [0, 0.1) is 0 Å². The lowest BCUT2D eigenvalue weighted by molar-refractivity contribution is 0.0332. The van der Waals surface area contributed by atoms with Crippen molar-refractivity contribution in [2.45, 2.75) is 31.0 Å². The van der Waals surface area contributed by atoms with E-state index in [2.05, 4.69) is 25.0 Å². The third kappa shape index (κ3) is 4.13. The number of nitrogens with zero attached hydrogens (tertiary/aromatic N) is 6. The molecule has 5 heterocycles. The molecule has 13 heteroatoms. The van der Waals surface area contributed by atoms with Gasteiger partial charge >= 0.3 is 0 Å². The van der Waals surface area contributed by atoms with Crippen LogP contribution in [-0.2, 0) is 23.1 Å². The van der Waals surface area contributed by atoms with Crippen molar-refractivity contribution in [1.29, 1.82) is 0 Å². The van der Waals surface area contributed by atoms with Crippen LogP contribution < -0.4 is 4.84 Å². The maximum atomic E-state index is 13.0. The number of aromatic amines is 1. The van der Waals surface area contributed by atoms with E-state index in [1.807, 2.05) is 31.2 Å². The summed E-state index contributed by atoms with van der Waals surface area (Å²) in [4.78, 5) is 23.6. The molecule has 37 heavy (non-hydrogen) atoms. The van der Waals surface area contributed by atoms with Crippen LogP contribution in [0.3, 0.4) is 0 Å². The van der Waals surface area contributed by atoms with Gasteiger partial charge in [-0.3, -0.25) is 9.97 Å². The molecule has 0 fully saturated rings. The molecule has 0 spiro atoms. The topological polar surface area (TPSA) is 119 Å². The fourth-order valence-corrected chi connectivity index (χ4v) is 6.35. The van der Waals surface area contributed by atoms with Crippen LogP contribution in [0.2, 0.25) is 10.0 Å². The van der Waals surface area contributed by atoms with Crippen LogP contribution in [0.5, 0.6) is 0 Å². The van der Waals surface area contributed by atoms with Crippen LogP contribution >= 0.6 is 23.2 Å². The van der Waals surface area contributed by atoms with Gasteiger partial charge in [-0.15, -0.1) is 5.10 Å². The summed E-state index contributed by atoms with van der Waals surface area (Å²) in [5.41, 5.74) is 3.26. The number of nitrogens with one attached hydrogen (secondary N) is 1. The minimum atomic E-state index is -3.69. The van der Waals surface area contributed by atoms with E-state index in [9.17, 15) is 8.42 Å². The Kier molecular flexibility index (Phi) is 5.87. The van der Waals surface area contributed by atoms with E-state index in [4.69, 9.17) is 28.0 Å². The summed E-state index contributed by atoms with van der Waals surface area (Å²) < 4.78 is 27.3. The molecular weight excluding hydrogens is 537 g/mol. The second kappa shape index (κ2) is 9.10. The zero-order valence-corrected chi connectivity index (χ0v) is 21.7. The molecule has 1 aliphatic heterocycles. The number of hydrogen-bond donors (Lipinski definition) is 1. The highest BCUT2D eigenvalue weighted by Gasteiger charge is 2.34. The number of pyridine rings is 2. The van der Waals surface area contributed by atoms with Crippen molar-refractivity contribution in [1.82, 2.24) is 34.2 Å². The van der Waals surface area contributed by atoms with Gasteiger partial charge in [-0.05, 0) is 25.1 Å². The van der Waals surface area contributed by atoms with Crippen LogP contribution in [0.25, 0.3) is 22.4 Å². The zero-order valence-electron chi connectivity index (χ0n) is 19.3. The van der Waals surface area contributed by atoms with Crippen molar-refractivity contribution in [3.05, 3.63) is 88.2 Å². The Hall–Kier alpha value is -3.51. The van der Waals surface area contributed by atoms with Crippen molar-refractivity contribution >= 4 is 44.1 Å². The summed E-state index contributed by atoms with van der Waals surface area (Å²) >= 11 is 12.6. The molecule has 1 N–H and O–H groups in total. The smallest absolute Gasteiger partial charge is 0.245 e. The molecule has 1 aliphatic rings. The van der Waals surface area contributed by atoms with E-state index in [-0.39, 0.29) is 18.0 Å². The normalized spacial score (nSPS) is 14.7. The number of imidazole rings is 1. The van der Waals surface area contributed by atoms with Gasteiger partial charge < -0.3 is 9.82 Å². The highest BCUT2D eigenvalue weighted by Crippen LogP contribution is 2.33. The van der Waals surface area contributed by atoms with Crippen LogP contribution in [0.15, 0.2) is 66.1 Å². The average Bonchev–Trinajstić information content (AvgIpc) is 3.57. The lowest BCUT2D eigenvalue weighted by atomic mass is 10.2. The van der Waals surface area contributed by atoms with Crippen molar-refractivity contribution in [3.8, 4) is 11.5 Å². The first-order chi connectivity index (χ1) is 17.8. The molecule has 1 unspecified atom stereocenters. The summed E-state index contributed by atoms with van der Waals surface area (Å²) in [5, 5.41) is 6.27. The van der Waals surface area contributed by atoms with Crippen molar-refractivity contribution in [3.63, 3.8) is 0 Å². The van der Waals surface area contributed by atoms with Crippen LogP contribution in [0.1, 0.15) is 30.0 Å². The van der Waals surface area contributed by atoms with Gasteiger partial charge in [0, 0.05) is 35.7 Å². The summed E-state index contributed by atoms with van der Waals surface area (Å²) in [6.07, 6.45) is 5.38. The standard InChI is InChI=1S/C24H19Cl2N7O3S/c1-14(22-17(25)10-28-11-18(22)26)36-33-21-7-3-2-6-16(21)23(31-33)24-29-19-12-32(13-20(19)30-24)37(34,35)15-5-4-8-27-9-15/h2-11,14H,12-13H2,1H3,(H,29,30). The zero-order chi connectivity index (χ0) is 25.7. The Balaban J connectivity index is 1.31.